The molecule has 0 fully saturated rings. The zero-order chi connectivity index (χ0) is 15.6. The number of fused-ring (bicyclic) bond motifs is 1. The van der Waals surface area contributed by atoms with Gasteiger partial charge in [0.2, 0.25) is 0 Å². The molecule has 120 valence electrons. The molecule has 0 bridgehead atoms. The van der Waals surface area contributed by atoms with Crippen molar-refractivity contribution in [2.45, 2.75) is 25.8 Å². The second-order valence-electron chi connectivity index (χ2n) is 5.43. The fourth-order valence-corrected chi connectivity index (χ4v) is 2.34. The number of benzene rings is 1. The lowest BCUT2D eigenvalue weighted by Crippen LogP contribution is -2.23. The summed E-state index contributed by atoms with van der Waals surface area (Å²) in [5.41, 5.74) is 7.07. The van der Waals surface area contributed by atoms with Crippen molar-refractivity contribution < 1.29 is 5.11 Å². The van der Waals surface area contributed by atoms with Gasteiger partial charge in [-0.15, -0.1) is 0 Å². The van der Waals surface area contributed by atoms with Gasteiger partial charge in [0.25, 0.3) is 0 Å². The Morgan fingerprint density at radius 3 is 2.64 bits per heavy atom. The molecular weight excluding hydrogens is 276 g/mol. The lowest BCUT2D eigenvalue weighted by Gasteiger charge is -2.07. The summed E-state index contributed by atoms with van der Waals surface area (Å²) in [7, 11) is 0. The van der Waals surface area contributed by atoms with E-state index < -0.39 is 0 Å². The number of phenols is 1. The number of nitrogens with two attached hydrogens (primary N) is 1. The van der Waals surface area contributed by atoms with E-state index in [2.05, 4.69) is 15.6 Å². The van der Waals surface area contributed by atoms with Gasteiger partial charge in [-0.3, -0.25) is 0 Å². The molecular formula is C17H26N4O. The molecule has 0 radical (unpaired) electrons. The topological polar surface area (TPSA) is 83.2 Å². The Hall–Kier alpha value is -1.69. The van der Waals surface area contributed by atoms with Crippen LogP contribution in [0.15, 0.2) is 30.3 Å². The quantitative estimate of drug-likeness (QED) is 0.503. The Kier molecular flexibility index (Phi) is 7.09. The third-order valence-electron chi connectivity index (χ3n) is 3.58. The molecule has 0 aliphatic carbocycles. The van der Waals surface area contributed by atoms with Crippen LogP contribution in [-0.2, 0) is 6.54 Å². The maximum absolute atomic E-state index is 9.83. The molecule has 0 saturated carbocycles. The largest absolute Gasteiger partial charge is 0.506 e. The van der Waals surface area contributed by atoms with Crippen LogP contribution in [0.4, 0.5) is 0 Å². The first-order valence-electron chi connectivity index (χ1n) is 8.00. The van der Waals surface area contributed by atoms with E-state index in [0.29, 0.717) is 5.52 Å². The fraction of sp³-hybridized carbons (Fsp3) is 0.471. The number of pyridine rings is 1. The van der Waals surface area contributed by atoms with Crippen molar-refractivity contribution in [3.8, 4) is 5.75 Å². The SMILES string of the molecule is NCCCCNCCCNCc1ccc2cccc(O)c2n1. The van der Waals surface area contributed by atoms with Gasteiger partial charge in [0.05, 0.1) is 5.69 Å². The normalized spacial score (nSPS) is 11.1. The maximum atomic E-state index is 9.83. The van der Waals surface area contributed by atoms with Gasteiger partial charge in [-0.25, -0.2) is 4.98 Å². The van der Waals surface area contributed by atoms with Crippen LogP contribution in [-0.4, -0.2) is 36.3 Å². The van der Waals surface area contributed by atoms with Crippen LogP contribution in [0.2, 0.25) is 0 Å². The first-order chi connectivity index (χ1) is 10.8. The average Bonchev–Trinajstić information content (AvgIpc) is 2.54. The number of unbranched alkanes of at least 4 members (excludes halogenated alkanes) is 1. The summed E-state index contributed by atoms with van der Waals surface area (Å²) >= 11 is 0. The van der Waals surface area contributed by atoms with Gasteiger partial charge in [-0.05, 0) is 57.6 Å². The number of aromatic hydroxyl groups is 1. The molecule has 22 heavy (non-hydrogen) atoms. The summed E-state index contributed by atoms with van der Waals surface area (Å²) in [5.74, 6) is 0.237. The van der Waals surface area contributed by atoms with Gasteiger partial charge in [-0.2, -0.15) is 0 Å². The summed E-state index contributed by atoms with van der Waals surface area (Å²) in [4.78, 5) is 4.50. The second kappa shape index (κ2) is 9.35. The highest BCUT2D eigenvalue weighted by Gasteiger charge is 2.02. The second-order valence-corrected chi connectivity index (χ2v) is 5.43. The average molecular weight is 302 g/mol. The standard InChI is InChI=1S/C17H26N4O/c18-9-1-2-10-19-11-4-12-20-13-15-8-7-14-5-3-6-16(22)17(14)21-15/h3,5-8,19-20,22H,1-2,4,9-13,18H2. The van der Waals surface area contributed by atoms with Crippen molar-refractivity contribution in [2.75, 3.05) is 26.2 Å². The maximum Gasteiger partial charge on any atom is 0.141 e. The molecule has 0 atom stereocenters. The predicted octanol–water partition coefficient (Wildman–Crippen LogP) is 1.75. The number of phenolic OH excluding ortho intramolecular Hbond substituents is 1. The summed E-state index contributed by atoms with van der Waals surface area (Å²) in [5, 5.41) is 17.6. The molecule has 1 aromatic carbocycles. The first-order valence-corrected chi connectivity index (χ1v) is 8.00. The molecule has 0 unspecified atom stereocenters. The monoisotopic (exact) mass is 302 g/mol. The van der Waals surface area contributed by atoms with Crippen LogP contribution in [0.5, 0.6) is 5.75 Å². The van der Waals surface area contributed by atoms with Crippen LogP contribution in [0.1, 0.15) is 25.0 Å². The number of hydrogen-bond acceptors (Lipinski definition) is 5. The number of rotatable bonds is 10. The molecule has 0 amide bonds. The van der Waals surface area contributed by atoms with Crippen LogP contribution in [0, 0.1) is 0 Å². The van der Waals surface area contributed by atoms with Crippen molar-refractivity contribution in [1.82, 2.24) is 15.6 Å². The zero-order valence-corrected chi connectivity index (χ0v) is 13.0. The Morgan fingerprint density at radius 1 is 0.955 bits per heavy atom. The lowest BCUT2D eigenvalue weighted by molar-refractivity contribution is 0.480. The van der Waals surface area contributed by atoms with E-state index in [1.807, 2.05) is 24.3 Å². The first kappa shape index (κ1) is 16.7. The van der Waals surface area contributed by atoms with Crippen molar-refractivity contribution in [3.63, 3.8) is 0 Å². The third kappa shape index (κ3) is 5.26. The van der Waals surface area contributed by atoms with Gasteiger partial charge in [0.1, 0.15) is 11.3 Å². The minimum atomic E-state index is 0.237. The Bertz CT molecular complexity index is 574. The number of para-hydroxylation sites is 1. The molecule has 5 N–H and O–H groups in total. The van der Waals surface area contributed by atoms with Crippen molar-refractivity contribution in [3.05, 3.63) is 36.0 Å². The van der Waals surface area contributed by atoms with E-state index in [-0.39, 0.29) is 5.75 Å². The smallest absolute Gasteiger partial charge is 0.141 e. The molecule has 5 nitrogen and oxygen atoms in total. The zero-order valence-electron chi connectivity index (χ0n) is 13.0. The summed E-state index contributed by atoms with van der Waals surface area (Å²) in [6.45, 7) is 4.51. The summed E-state index contributed by atoms with van der Waals surface area (Å²) in [6.07, 6.45) is 3.32. The van der Waals surface area contributed by atoms with Crippen molar-refractivity contribution in [1.29, 1.82) is 0 Å². The van der Waals surface area contributed by atoms with Crippen LogP contribution < -0.4 is 16.4 Å². The highest BCUT2D eigenvalue weighted by Crippen LogP contribution is 2.22. The van der Waals surface area contributed by atoms with Crippen LogP contribution >= 0.6 is 0 Å². The minimum absolute atomic E-state index is 0.237. The van der Waals surface area contributed by atoms with Gasteiger partial charge in [0.15, 0.2) is 0 Å². The van der Waals surface area contributed by atoms with Gasteiger partial charge < -0.3 is 21.5 Å². The molecule has 0 saturated heterocycles. The minimum Gasteiger partial charge on any atom is -0.506 e. The van der Waals surface area contributed by atoms with Gasteiger partial charge >= 0.3 is 0 Å². The van der Waals surface area contributed by atoms with Gasteiger partial charge in [0, 0.05) is 11.9 Å². The molecule has 0 aliphatic heterocycles. The highest BCUT2D eigenvalue weighted by atomic mass is 16.3. The van der Waals surface area contributed by atoms with Crippen molar-refractivity contribution in [2.24, 2.45) is 5.73 Å². The van der Waals surface area contributed by atoms with Crippen molar-refractivity contribution >= 4 is 10.9 Å². The Balaban J connectivity index is 1.66. The number of nitrogens with zero attached hydrogens (tertiary/aromatic N) is 1. The molecule has 2 rings (SSSR count). The number of nitrogens with one attached hydrogen (secondary N) is 2. The molecule has 2 aromatic rings. The van der Waals surface area contributed by atoms with E-state index in [1.165, 1.54) is 0 Å². The Labute approximate surface area is 131 Å². The molecule has 1 aromatic heterocycles. The van der Waals surface area contributed by atoms with E-state index in [9.17, 15) is 5.11 Å². The number of hydrogen-bond donors (Lipinski definition) is 4. The van der Waals surface area contributed by atoms with Crippen LogP contribution in [0.25, 0.3) is 10.9 Å². The van der Waals surface area contributed by atoms with Crippen LogP contribution in [0.3, 0.4) is 0 Å². The highest BCUT2D eigenvalue weighted by molar-refractivity contribution is 5.84. The number of aromatic nitrogens is 1. The third-order valence-corrected chi connectivity index (χ3v) is 3.58. The summed E-state index contributed by atoms with van der Waals surface area (Å²) in [6, 6.07) is 9.45. The van der Waals surface area contributed by atoms with E-state index in [1.54, 1.807) is 6.07 Å². The van der Waals surface area contributed by atoms with E-state index in [0.717, 1.165) is 63.1 Å². The van der Waals surface area contributed by atoms with Gasteiger partial charge in [-0.1, -0.05) is 18.2 Å². The molecule has 0 spiro atoms. The molecule has 5 heteroatoms. The van der Waals surface area contributed by atoms with E-state index in [4.69, 9.17) is 5.73 Å². The Morgan fingerprint density at radius 2 is 1.77 bits per heavy atom. The lowest BCUT2D eigenvalue weighted by atomic mass is 10.2. The molecule has 0 aliphatic rings. The summed E-state index contributed by atoms with van der Waals surface area (Å²) < 4.78 is 0. The van der Waals surface area contributed by atoms with E-state index >= 15 is 0 Å². The molecule has 1 heterocycles. The fourth-order valence-electron chi connectivity index (χ4n) is 2.34. The predicted molar refractivity (Wildman–Crippen MR) is 90.9 cm³/mol.